The molecule has 188 valence electrons. The summed E-state index contributed by atoms with van der Waals surface area (Å²) in [7, 11) is 0. The lowest BCUT2D eigenvalue weighted by Gasteiger charge is -2.24. The summed E-state index contributed by atoms with van der Waals surface area (Å²) < 4.78 is 28.7. The zero-order chi connectivity index (χ0) is 26.1. The molecular formula is C26H23BrFIN2O4S. The summed E-state index contributed by atoms with van der Waals surface area (Å²) in [5, 5.41) is 0. The molecule has 36 heavy (non-hydrogen) atoms. The summed E-state index contributed by atoms with van der Waals surface area (Å²) in [4.78, 5) is 31.8. The first-order chi connectivity index (χ1) is 17.1. The number of fused-ring (bicyclic) bond motifs is 1. The van der Waals surface area contributed by atoms with Gasteiger partial charge in [0, 0.05) is 10.0 Å². The molecule has 0 aliphatic carbocycles. The molecule has 2 heterocycles. The van der Waals surface area contributed by atoms with E-state index in [1.165, 1.54) is 28.0 Å². The van der Waals surface area contributed by atoms with Crippen molar-refractivity contribution in [1.82, 2.24) is 4.57 Å². The number of aromatic nitrogens is 1. The maximum absolute atomic E-state index is 13.8. The fraction of sp³-hybridized carbons (Fsp3) is 0.269. The molecule has 1 aliphatic rings. The van der Waals surface area contributed by atoms with E-state index < -0.39 is 17.8 Å². The number of esters is 1. The van der Waals surface area contributed by atoms with Gasteiger partial charge < -0.3 is 9.47 Å². The number of benzene rings is 2. The van der Waals surface area contributed by atoms with Crippen molar-refractivity contribution in [3.8, 4) is 5.75 Å². The fourth-order valence-corrected chi connectivity index (χ4v) is 6.66. The molecule has 1 aliphatic heterocycles. The molecule has 0 fully saturated rings. The lowest BCUT2D eigenvalue weighted by atomic mass is 9.96. The Balaban J connectivity index is 1.97. The van der Waals surface area contributed by atoms with E-state index in [4.69, 9.17) is 9.47 Å². The number of hydrogen-bond acceptors (Lipinski definition) is 6. The van der Waals surface area contributed by atoms with Crippen molar-refractivity contribution in [3.63, 3.8) is 0 Å². The van der Waals surface area contributed by atoms with Gasteiger partial charge in [-0.1, -0.05) is 39.4 Å². The number of thiazole rings is 1. The van der Waals surface area contributed by atoms with Crippen LogP contribution in [-0.2, 0) is 9.53 Å². The van der Waals surface area contributed by atoms with Crippen LogP contribution < -0.4 is 19.6 Å². The van der Waals surface area contributed by atoms with Gasteiger partial charge in [0.1, 0.15) is 11.6 Å². The van der Waals surface area contributed by atoms with Gasteiger partial charge in [-0.2, -0.15) is 0 Å². The predicted molar refractivity (Wildman–Crippen MR) is 149 cm³/mol. The highest BCUT2D eigenvalue weighted by molar-refractivity contribution is 14.1. The Hall–Kier alpha value is -2.31. The minimum Gasteiger partial charge on any atom is -0.489 e. The zero-order valence-corrected chi connectivity index (χ0v) is 24.5. The van der Waals surface area contributed by atoms with Crippen LogP contribution in [-0.4, -0.2) is 23.2 Å². The van der Waals surface area contributed by atoms with Crippen LogP contribution in [0.2, 0.25) is 0 Å². The van der Waals surface area contributed by atoms with Crippen molar-refractivity contribution >= 4 is 61.9 Å². The molecule has 0 amide bonds. The first-order valence-corrected chi connectivity index (χ1v) is 13.9. The topological polar surface area (TPSA) is 69.9 Å². The smallest absolute Gasteiger partial charge is 0.338 e. The Bertz CT molecular complexity index is 1540. The molecule has 6 nitrogen and oxygen atoms in total. The van der Waals surface area contributed by atoms with Crippen LogP contribution in [0.3, 0.4) is 0 Å². The van der Waals surface area contributed by atoms with Crippen molar-refractivity contribution in [1.29, 1.82) is 0 Å². The molecule has 0 radical (unpaired) electrons. The van der Waals surface area contributed by atoms with E-state index in [0.717, 1.165) is 13.6 Å². The minimum absolute atomic E-state index is 0.0543. The monoisotopic (exact) mass is 684 g/mol. The zero-order valence-electron chi connectivity index (χ0n) is 20.0. The molecule has 3 aromatic rings. The largest absolute Gasteiger partial charge is 0.489 e. The van der Waals surface area contributed by atoms with Crippen LogP contribution in [0.1, 0.15) is 44.9 Å². The molecule has 0 bridgehead atoms. The second-order valence-corrected chi connectivity index (χ2v) is 11.4. The third kappa shape index (κ3) is 5.35. The van der Waals surface area contributed by atoms with E-state index >= 15 is 0 Å². The van der Waals surface area contributed by atoms with Gasteiger partial charge in [-0.3, -0.25) is 9.36 Å². The molecule has 0 saturated carbocycles. The number of carbonyl (C=O) groups is 1. The van der Waals surface area contributed by atoms with Crippen molar-refractivity contribution in [2.24, 2.45) is 4.99 Å². The van der Waals surface area contributed by atoms with Crippen molar-refractivity contribution in [2.75, 3.05) is 6.61 Å². The third-order valence-corrected chi connectivity index (χ3v) is 7.62. The SMILES string of the molecule is CCOC(=O)C1=C(C)N=c2s/c(=C\c3cc(Br)cc(I)c3OC(C)C)c(=O)n2[C@H]1c1ccc(F)cc1. The third-order valence-electron chi connectivity index (χ3n) is 5.38. The van der Waals surface area contributed by atoms with E-state index in [9.17, 15) is 14.0 Å². The molecule has 1 atom stereocenters. The van der Waals surface area contributed by atoms with Gasteiger partial charge in [0.15, 0.2) is 4.80 Å². The highest BCUT2D eigenvalue weighted by Gasteiger charge is 2.33. The van der Waals surface area contributed by atoms with Gasteiger partial charge in [0.05, 0.1) is 38.1 Å². The van der Waals surface area contributed by atoms with E-state index in [2.05, 4.69) is 43.5 Å². The van der Waals surface area contributed by atoms with Gasteiger partial charge in [0.25, 0.3) is 5.56 Å². The molecule has 0 saturated heterocycles. The van der Waals surface area contributed by atoms with Crippen LogP contribution in [0.25, 0.3) is 6.08 Å². The first kappa shape index (κ1) is 26.7. The summed E-state index contributed by atoms with van der Waals surface area (Å²) in [6.45, 7) is 7.49. The van der Waals surface area contributed by atoms with Gasteiger partial charge >= 0.3 is 5.97 Å². The second kappa shape index (κ2) is 11.0. The molecule has 2 aromatic carbocycles. The standard InChI is InChI=1S/C26H23BrFIN2O4S/c1-5-34-25(33)21-14(4)30-26-31(22(21)15-6-8-18(28)9-7-15)24(32)20(36-26)11-16-10-17(27)12-19(29)23(16)35-13(2)3/h6-13,22H,5H2,1-4H3/b20-11-/t22-/m0/s1. The summed E-state index contributed by atoms with van der Waals surface area (Å²) in [5.41, 5.74) is 1.72. The second-order valence-electron chi connectivity index (χ2n) is 8.33. The summed E-state index contributed by atoms with van der Waals surface area (Å²) in [6.07, 6.45) is 1.72. The van der Waals surface area contributed by atoms with Gasteiger partial charge in [0.2, 0.25) is 0 Å². The van der Waals surface area contributed by atoms with Crippen LogP contribution in [0, 0.1) is 9.39 Å². The fourth-order valence-electron chi connectivity index (χ4n) is 3.94. The lowest BCUT2D eigenvalue weighted by molar-refractivity contribution is -0.139. The predicted octanol–water partition coefficient (Wildman–Crippen LogP) is 5.09. The van der Waals surface area contributed by atoms with Crippen molar-refractivity contribution in [3.05, 3.63) is 92.3 Å². The molecular weight excluding hydrogens is 662 g/mol. The van der Waals surface area contributed by atoms with Gasteiger partial charge in [-0.25, -0.2) is 14.2 Å². The van der Waals surface area contributed by atoms with Gasteiger partial charge in [-0.15, -0.1) is 0 Å². The average Bonchev–Trinajstić information content (AvgIpc) is 3.10. The number of rotatable bonds is 6. The summed E-state index contributed by atoms with van der Waals surface area (Å²) in [6, 6.07) is 8.80. The summed E-state index contributed by atoms with van der Waals surface area (Å²) in [5.74, 6) is -0.291. The molecule has 0 unspecified atom stereocenters. The van der Waals surface area contributed by atoms with E-state index in [1.807, 2.05) is 26.0 Å². The van der Waals surface area contributed by atoms with Crippen LogP contribution in [0.5, 0.6) is 5.75 Å². The normalized spacial score (nSPS) is 15.7. The van der Waals surface area contributed by atoms with Crippen LogP contribution in [0.15, 0.2) is 61.9 Å². The minimum atomic E-state index is -0.794. The molecule has 0 spiro atoms. The Morgan fingerprint density at radius 1 is 1.31 bits per heavy atom. The van der Waals surface area contributed by atoms with Gasteiger partial charge in [-0.05, 0) is 86.2 Å². The Morgan fingerprint density at radius 2 is 2.00 bits per heavy atom. The number of allylic oxidation sites excluding steroid dienone is 1. The molecule has 0 N–H and O–H groups in total. The van der Waals surface area contributed by atoms with Crippen molar-refractivity contribution < 1.29 is 18.7 Å². The number of nitrogens with zero attached hydrogens (tertiary/aromatic N) is 2. The summed E-state index contributed by atoms with van der Waals surface area (Å²) >= 11 is 6.95. The van der Waals surface area contributed by atoms with E-state index in [1.54, 1.807) is 32.1 Å². The van der Waals surface area contributed by atoms with E-state index in [-0.39, 0.29) is 23.8 Å². The Morgan fingerprint density at radius 3 is 2.64 bits per heavy atom. The van der Waals surface area contributed by atoms with Crippen LogP contribution in [0.4, 0.5) is 4.39 Å². The molecule has 1 aromatic heterocycles. The number of hydrogen-bond donors (Lipinski definition) is 0. The first-order valence-electron chi connectivity index (χ1n) is 11.2. The number of carbonyl (C=O) groups excluding carboxylic acids is 1. The van der Waals surface area contributed by atoms with Crippen molar-refractivity contribution in [2.45, 2.75) is 39.8 Å². The Kier molecular flexibility index (Phi) is 8.15. The number of halogens is 3. The molecule has 4 rings (SSSR count). The highest BCUT2D eigenvalue weighted by Crippen LogP contribution is 2.32. The maximum atomic E-state index is 13.8. The van der Waals surface area contributed by atoms with Crippen LogP contribution >= 0.6 is 49.9 Å². The average molecular weight is 685 g/mol. The lowest BCUT2D eigenvalue weighted by Crippen LogP contribution is -2.39. The molecule has 10 heteroatoms. The number of ether oxygens (including phenoxy) is 2. The highest BCUT2D eigenvalue weighted by atomic mass is 127. The van der Waals surface area contributed by atoms with E-state index in [0.29, 0.717) is 26.3 Å². The maximum Gasteiger partial charge on any atom is 0.338 e. The quantitative estimate of drug-likeness (QED) is 0.268. The Labute approximate surface area is 233 Å².